The summed E-state index contributed by atoms with van der Waals surface area (Å²) in [6, 6.07) is 8.00. The van der Waals surface area contributed by atoms with Gasteiger partial charge in [-0.1, -0.05) is 6.42 Å². The molecule has 4 heterocycles. The Kier molecular flexibility index (Phi) is 7.39. The normalized spacial score (nSPS) is 20.5. The highest BCUT2D eigenvalue weighted by Crippen LogP contribution is 2.45. The van der Waals surface area contributed by atoms with Crippen LogP contribution in [-0.2, 0) is 4.79 Å². The fraction of sp³-hybridized carbons (Fsp3) is 0.483. The van der Waals surface area contributed by atoms with Gasteiger partial charge in [0.05, 0.1) is 0 Å². The van der Waals surface area contributed by atoms with Crippen LogP contribution < -0.4 is 20.3 Å². The predicted molar refractivity (Wildman–Crippen MR) is 146 cm³/mol. The van der Waals surface area contributed by atoms with E-state index in [1.807, 2.05) is 6.07 Å². The lowest BCUT2D eigenvalue weighted by Crippen LogP contribution is -2.48. The molecule has 2 aliphatic carbocycles. The second kappa shape index (κ2) is 11.1. The molecule has 3 aliphatic rings. The average molecular weight is 568 g/mol. The molecule has 2 N–H and O–H groups in total. The summed E-state index contributed by atoms with van der Waals surface area (Å²) in [5, 5.41) is 6.32. The monoisotopic (exact) mass is 567 g/mol. The Morgan fingerprint density at radius 3 is 2.59 bits per heavy atom. The molecule has 3 fully saturated rings. The van der Waals surface area contributed by atoms with Crippen LogP contribution in [-0.4, -0.2) is 51.3 Å². The maximum atomic E-state index is 12.7. The molecule has 9 nitrogen and oxygen atoms in total. The van der Waals surface area contributed by atoms with Crippen LogP contribution in [0.2, 0.25) is 0 Å². The minimum Gasteiger partial charge on any atom is -0.406 e. The SMILES string of the molecule is O=C(NC1CCCC2(CCN(c3cc(Nc4cc(OC(F)(F)F)ccn4)nc(-c4cccnc4)n3)CC2)C1)C1CC1. The van der Waals surface area contributed by atoms with Gasteiger partial charge in [-0.25, -0.2) is 15.0 Å². The van der Waals surface area contributed by atoms with Crippen LogP contribution in [0, 0.1) is 11.3 Å². The fourth-order valence-corrected chi connectivity index (χ4v) is 5.99. The number of amides is 1. The third-order valence-electron chi connectivity index (χ3n) is 8.24. The zero-order valence-corrected chi connectivity index (χ0v) is 22.5. The Balaban J connectivity index is 1.20. The number of rotatable bonds is 7. The van der Waals surface area contributed by atoms with Crippen molar-refractivity contribution >= 4 is 23.4 Å². The molecule has 0 radical (unpaired) electrons. The maximum absolute atomic E-state index is 12.7. The van der Waals surface area contributed by atoms with Gasteiger partial charge in [-0.2, -0.15) is 0 Å². The highest BCUT2D eigenvalue weighted by atomic mass is 19.4. The minimum absolute atomic E-state index is 0.160. The summed E-state index contributed by atoms with van der Waals surface area (Å²) in [5.74, 6) is 1.78. The molecule has 12 heteroatoms. The van der Waals surface area contributed by atoms with Gasteiger partial charge < -0.3 is 20.3 Å². The Morgan fingerprint density at radius 2 is 1.85 bits per heavy atom. The highest BCUT2D eigenvalue weighted by molar-refractivity contribution is 5.81. The summed E-state index contributed by atoms with van der Waals surface area (Å²) < 4.78 is 42.2. The van der Waals surface area contributed by atoms with Gasteiger partial charge in [-0.15, -0.1) is 13.2 Å². The number of aromatic nitrogens is 4. The molecule has 3 aromatic rings. The van der Waals surface area contributed by atoms with Crippen molar-refractivity contribution in [3.8, 4) is 17.1 Å². The number of anilines is 3. The van der Waals surface area contributed by atoms with Gasteiger partial charge in [0.25, 0.3) is 0 Å². The quantitative estimate of drug-likeness (QED) is 0.379. The molecule has 3 aromatic heterocycles. The Morgan fingerprint density at radius 1 is 1.02 bits per heavy atom. The molecule has 216 valence electrons. The maximum Gasteiger partial charge on any atom is 0.573 e. The highest BCUT2D eigenvalue weighted by Gasteiger charge is 2.41. The number of nitrogens with zero attached hydrogens (tertiary/aromatic N) is 5. The van der Waals surface area contributed by atoms with E-state index in [0.29, 0.717) is 17.5 Å². The van der Waals surface area contributed by atoms with Gasteiger partial charge >= 0.3 is 6.36 Å². The van der Waals surface area contributed by atoms with Crippen LogP contribution in [0.1, 0.15) is 51.4 Å². The summed E-state index contributed by atoms with van der Waals surface area (Å²) in [5.41, 5.74) is 0.925. The standard InChI is InChI=1S/C29H32F3N7O2/c30-29(31,32)41-22-7-12-34-23(15-22)36-24-16-25(38-26(37-24)20-3-2-11-33-18-20)39-13-9-28(10-14-39)8-1-4-21(17-28)35-27(40)19-5-6-19/h2-3,7,11-12,15-16,18-19,21H,1,4-6,8-10,13-14,17H2,(H,35,40)(H,34,36,37,38). The lowest BCUT2D eigenvalue weighted by atomic mass is 9.66. The first kappa shape index (κ1) is 27.2. The molecule has 1 spiro atoms. The zero-order chi connectivity index (χ0) is 28.5. The van der Waals surface area contributed by atoms with Crippen molar-refractivity contribution in [1.82, 2.24) is 25.3 Å². The summed E-state index contributed by atoms with van der Waals surface area (Å²) >= 11 is 0. The molecule has 1 saturated heterocycles. The molecular weight excluding hydrogens is 535 g/mol. The first-order valence-corrected chi connectivity index (χ1v) is 14.1. The molecular formula is C29H32F3N7O2. The molecule has 0 aromatic carbocycles. The van der Waals surface area contributed by atoms with E-state index in [-0.39, 0.29) is 34.8 Å². The number of ether oxygens (including phenoxy) is 1. The van der Waals surface area contributed by atoms with Gasteiger partial charge in [0.1, 0.15) is 23.2 Å². The molecule has 2 saturated carbocycles. The van der Waals surface area contributed by atoms with E-state index in [9.17, 15) is 18.0 Å². The van der Waals surface area contributed by atoms with E-state index >= 15 is 0 Å². The van der Waals surface area contributed by atoms with E-state index in [2.05, 4.69) is 35.2 Å². The van der Waals surface area contributed by atoms with E-state index in [1.54, 1.807) is 24.5 Å². The average Bonchev–Trinajstić information content (AvgIpc) is 3.79. The first-order valence-electron chi connectivity index (χ1n) is 14.1. The van der Waals surface area contributed by atoms with Crippen molar-refractivity contribution in [2.75, 3.05) is 23.3 Å². The number of halogens is 3. The van der Waals surface area contributed by atoms with Crippen molar-refractivity contribution in [3.05, 3.63) is 48.9 Å². The molecule has 41 heavy (non-hydrogen) atoms. The number of hydrogen-bond acceptors (Lipinski definition) is 8. The molecule has 1 aliphatic heterocycles. The third kappa shape index (κ3) is 6.86. The minimum atomic E-state index is -4.80. The molecule has 1 unspecified atom stereocenters. The van der Waals surface area contributed by atoms with E-state index in [1.165, 1.54) is 12.3 Å². The first-order chi connectivity index (χ1) is 19.7. The zero-order valence-electron chi connectivity index (χ0n) is 22.5. The van der Waals surface area contributed by atoms with Crippen molar-refractivity contribution in [1.29, 1.82) is 0 Å². The second-order valence-corrected chi connectivity index (χ2v) is 11.3. The number of piperidine rings is 1. The van der Waals surface area contributed by atoms with Crippen molar-refractivity contribution in [2.24, 2.45) is 11.3 Å². The van der Waals surface area contributed by atoms with Crippen molar-refractivity contribution in [2.45, 2.75) is 63.8 Å². The molecule has 6 rings (SSSR count). The topological polar surface area (TPSA) is 105 Å². The Hall–Kier alpha value is -3.96. The Labute approximate surface area is 236 Å². The largest absolute Gasteiger partial charge is 0.573 e. The fourth-order valence-electron chi connectivity index (χ4n) is 5.99. The van der Waals surface area contributed by atoms with E-state index in [0.717, 1.165) is 76.1 Å². The van der Waals surface area contributed by atoms with Gasteiger partial charge in [0.2, 0.25) is 5.91 Å². The summed E-state index contributed by atoms with van der Waals surface area (Å²) in [6.45, 7) is 1.61. The third-order valence-corrected chi connectivity index (χ3v) is 8.24. The van der Waals surface area contributed by atoms with Gasteiger partial charge in [0, 0.05) is 61.3 Å². The van der Waals surface area contributed by atoms with Gasteiger partial charge in [-0.05, 0) is 68.6 Å². The second-order valence-electron chi connectivity index (χ2n) is 11.3. The van der Waals surface area contributed by atoms with Gasteiger partial charge in [0.15, 0.2) is 5.82 Å². The van der Waals surface area contributed by atoms with Crippen LogP contribution in [0.3, 0.4) is 0 Å². The Bertz CT molecular complexity index is 1380. The summed E-state index contributed by atoms with van der Waals surface area (Å²) in [4.78, 5) is 32.3. The molecule has 1 amide bonds. The summed E-state index contributed by atoms with van der Waals surface area (Å²) in [6.07, 6.45) is 8.12. The predicted octanol–water partition coefficient (Wildman–Crippen LogP) is 5.63. The van der Waals surface area contributed by atoms with Crippen molar-refractivity contribution in [3.63, 3.8) is 0 Å². The number of carbonyl (C=O) groups is 1. The van der Waals surface area contributed by atoms with Crippen LogP contribution >= 0.6 is 0 Å². The molecule has 0 bridgehead atoms. The number of carbonyl (C=O) groups excluding carboxylic acids is 1. The molecule has 1 atom stereocenters. The van der Waals surface area contributed by atoms with E-state index in [4.69, 9.17) is 4.98 Å². The smallest absolute Gasteiger partial charge is 0.406 e. The van der Waals surface area contributed by atoms with Crippen LogP contribution in [0.15, 0.2) is 48.9 Å². The number of pyridine rings is 2. The number of nitrogens with one attached hydrogen (secondary N) is 2. The van der Waals surface area contributed by atoms with Crippen LogP contribution in [0.5, 0.6) is 5.75 Å². The number of alkyl halides is 3. The lowest BCUT2D eigenvalue weighted by molar-refractivity contribution is -0.274. The van der Waals surface area contributed by atoms with Crippen molar-refractivity contribution < 1.29 is 22.7 Å². The number of hydrogen-bond donors (Lipinski definition) is 2. The lowest BCUT2D eigenvalue weighted by Gasteiger charge is -2.47. The van der Waals surface area contributed by atoms with Crippen LogP contribution in [0.25, 0.3) is 11.4 Å². The van der Waals surface area contributed by atoms with Gasteiger partial charge in [-0.3, -0.25) is 9.78 Å². The van der Waals surface area contributed by atoms with Crippen LogP contribution in [0.4, 0.5) is 30.6 Å². The van der Waals surface area contributed by atoms with E-state index < -0.39 is 6.36 Å². The summed E-state index contributed by atoms with van der Waals surface area (Å²) in [7, 11) is 0.